The summed E-state index contributed by atoms with van der Waals surface area (Å²) in [4.78, 5) is 54.5. The highest BCUT2D eigenvalue weighted by atomic mass is 32.1. The Morgan fingerprint density at radius 2 is 1.66 bits per heavy atom. The number of non-ortho nitro benzene ring substituents is 1. The van der Waals surface area contributed by atoms with E-state index in [1.54, 1.807) is 55.6 Å². The fourth-order valence-corrected chi connectivity index (χ4v) is 4.30. The summed E-state index contributed by atoms with van der Waals surface area (Å²) in [6.45, 7) is 3.52. The summed E-state index contributed by atoms with van der Waals surface area (Å²) >= 11 is 1.18. The summed E-state index contributed by atoms with van der Waals surface area (Å²) < 4.78 is 0. The van der Waals surface area contributed by atoms with E-state index >= 15 is 0 Å². The number of aromatic nitrogens is 1. The third kappa shape index (κ3) is 3.76. The van der Waals surface area contributed by atoms with Crippen LogP contribution in [0, 0.1) is 16.0 Å². The van der Waals surface area contributed by atoms with Gasteiger partial charge < -0.3 is 5.32 Å². The van der Waals surface area contributed by atoms with Crippen LogP contribution >= 0.6 is 11.3 Å². The van der Waals surface area contributed by atoms with Gasteiger partial charge in [-0.2, -0.15) is 0 Å². The molecule has 3 amide bonds. The summed E-state index contributed by atoms with van der Waals surface area (Å²) in [5, 5.41) is 15.5. The lowest BCUT2D eigenvalue weighted by molar-refractivity contribution is -0.384. The molecule has 1 atom stereocenters. The lowest BCUT2D eigenvalue weighted by atomic mass is 10.0. The Bertz CT molecular complexity index is 1200. The van der Waals surface area contributed by atoms with Crippen LogP contribution < -0.4 is 5.32 Å². The molecule has 0 fully saturated rings. The number of rotatable bonds is 6. The van der Waals surface area contributed by atoms with Crippen LogP contribution in [0.2, 0.25) is 0 Å². The van der Waals surface area contributed by atoms with Gasteiger partial charge in [-0.15, -0.1) is 11.3 Å². The van der Waals surface area contributed by atoms with Crippen LogP contribution in [0.1, 0.15) is 34.6 Å². The third-order valence-electron chi connectivity index (χ3n) is 5.11. The maximum atomic E-state index is 13.1. The van der Waals surface area contributed by atoms with E-state index in [0.29, 0.717) is 16.4 Å². The van der Waals surface area contributed by atoms with E-state index in [1.165, 1.54) is 23.5 Å². The quantitative estimate of drug-likeness (QED) is 0.344. The maximum Gasteiger partial charge on any atom is 0.269 e. The van der Waals surface area contributed by atoms with Crippen LogP contribution in [0.4, 0.5) is 10.8 Å². The van der Waals surface area contributed by atoms with Crippen molar-refractivity contribution in [2.45, 2.75) is 19.9 Å². The number of nitrogens with one attached hydrogen (secondary N) is 1. The largest absolute Gasteiger partial charge is 0.300 e. The van der Waals surface area contributed by atoms with Crippen molar-refractivity contribution in [3.63, 3.8) is 0 Å². The number of fused-ring (bicyclic) bond motifs is 1. The Balaban J connectivity index is 1.54. The zero-order valence-corrected chi connectivity index (χ0v) is 18.0. The zero-order valence-electron chi connectivity index (χ0n) is 17.1. The van der Waals surface area contributed by atoms with Crippen molar-refractivity contribution >= 4 is 39.9 Å². The van der Waals surface area contributed by atoms with Gasteiger partial charge in [-0.3, -0.25) is 29.4 Å². The van der Waals surface area contributed by atoms with Crippen molar-refractivity contribution in [2.75, 3.05) is 5.32 Å². The fraction of sp³-hybridized carbons (Fsp3) is 0.182. The van der Waals surface area contributed by atoms with Crippen LogP contribution in [0.25, 0.3) is 11.3 Å². The maximum absolute atomic E-state index is 13.1. The van der Waals surface area contributed by atoms with Gasteiger partial charge in [0, 0.05) is 23.1 Å². The van der Waals surface area contributed by atoms with Crippen molar-refractivity contribution in [3.8, 4) is 11.3 Å². The lowest BCUT2D eigenvalue weighted by Crippen LogP contribution is -2.50. The van der Waals surface area contributed by atoms with Gasteiger partial charge in [0.2, 0.25) is 5.91 Å². The standard InChI is InChI=1S/C22H18N4O5S/c1-12(2)18(25-20(28)15-5-3-4-6-16(15)21(25)29)19(27)24-22-23-17(11-32-22)13-7-9-14(10-8-13)26(30)31/h3-12,18H,1-2H3,(H,23,24,27). The molecule has 162 valence electrons. The average molecular weight is 450 g/mol. The van der Waals surface area contributed by atoms with Gasteiger partial charge in [-0.05, 0) is 30.2 Å². The number of hydrogen-bond donors (Lipinski definition) is 1. The van der Waals surface area contributed by atoms with Crippen molar-refractivity contribution in [1.29, 1.82) is 0 Å². The second-order valence-electron chi connectivity index (χ2n) is 7.55. The lowest BCUT2D eigenvalue weighted by Gasteiger charge is -2.27. The molecule has 3 aromatic rings. The third-order valence-corrected chi connectivity index (χ3v) is 5.87. The van der Waals surface area contributed by atoms with E-state index in [2.05, 4.69) is 10.3 Å². The van der Waals surface area contributed by atoms with Gasteiger partial charge in [-0.1, -0.05) is 26.0 Å². The van der Waals surface area contributed by atoms with Crippen LogP contribution in [0.3, 0.4) is 0 Å². The van der Waals surface area contributed by atoms with E-state index in [-0.39, 0.29) is 22.7 Å². The van der Waals surface area contributed by atoms with Gasteiger partial charge in [-0.25, -0.2) is 4.98 Å². The molecule has 1 N–H and O–H groups in total. The van der Waals surface area contributed by atoms with E-state index < -0.39 is 28.7 Å². The number of nitro groups is 1. The molecular formula is C22H18N4O5S. The molecular weight excluding hydrogens is 432 g/mol. The molecule has 0 aliphatic carbocycles. The molecule has 32 heavy (non-hydrogen) atoms. The van der Waals surface area contributed by atoms with Gasteiger partial charge in [0.15, 0.2) is 5.13 Å². The molecule has 9 nitrogen and oxygen atoms in total. The summed E-state index contributed by atoms with van der Waals surface area (Å²) in [5.74, 6) is -1.83. The van der Waals surface area contributed by atoms with Crippen molar-refractivity contribution in [1.82, 2.24) is 9.88 Å². The number of nitrogens with zero attached hydrogens (tertiary/aromatic N) is 3. The molecule has 1 unspecified atom stereocenters. The van der Waals surface area contributed by atoms with Gasteiger partial charge in [0.05, 0.1) is 21.7 Å². The topological polar surface area (TPSA) is 123 Å². The molecule has 2 aromatic carbocycles. The first-order valence-corrected chi connectivity index (χ1v) is 10.6. The first kappa shape index (κ1) is 21.3. The van der Waals surface area contributed by atoms with Crippen molar-refractivity contribution in [2.24, 2.45) is 5.92 Å². The zero-order chi connectivity index (χ0) is 23.0. The summed E-state index contributed by atoms with van der Waals surface area (Å²) in [5.41, 5.74) is 1.74. The predicted molar refractivity (Wildman–Crippen MR) is 118 cm³/mol. The Labute approximate surface area is 186 Å². The summed E-state index contributed by atoms with van der Waals surface area (Å²) in [6.07, 6.45) is 0. The molecule has 0 radical (unpaired) electrons. The minimum atomic E-state index is -1.01. The Morgan fingerprint density at radius 3 is 2.19 bits per heavy atom. The number of anilines is 1. The molecule has 1 aromatic heterocycles. The molecule has 1 aliphatic rings. The molecule has 0 bridgehead atoms. The van der Waals surface area contributed by atoms with Crippen LogP contribution in [0.5, 0.6) is 0 Å². The van der Waals surface area contributed by atoms with Crippen LogP contribution in [-0.4, -0.2) is 38.6 Å². The minimum absolute atomic E-state index is 0.0294. The molecule has 1 aliphatic heterocycles. The van der Waals surface area contributed by atoms with Gasteiger partial charge in [0.1, 0.15) is 6.04 Å². The molecule has 10 heteroatoms. The van der Waals surface area contributed by atoms with Crippen molar-refractivity contribution in [3.05, 3.63) is 75.2 Å². The molecule has 2 heterocycles. The van der Waals surface area contributed by atoms with Crippen LogP contribution in [0.15, 0.2) is 53.9 Å². The smallest absolute Gasteiger partial charge is 0.269 e. The van der Waals surface area contributed by atoms with E-state index in [1.807, 2.05) is 0 Å². The van der Waals surface area contributed by atoms with Crippen LogP contribution in [-0.2, 0) is 4.79 Å². The van der Waals surface area contributed by atoms with E-state index in [9.17, 15) is 24.5 Å². The number of nitro benzene ring substituents is 1. The van der Waals surface area contributed by atoms with Gasteiger partial charge in [0.25, 0.3) is 17.5 Å². The first-order chi connectivity index (χ1) is 15.3. The number of amides is 3. The van der Waals surface area contributed by atoms with Gasteiger partial charge >= 0.3 is 0 Å². The Morgan fingerprint density at radius 1 is 1.06 bits per heavy atom. The number of benzene rings is 2. The number of imide groups is 1. The predicted octanol–water partition coefficient (Wildman–Crippen LogP) is 3.98. The second kappa shape index (κ2) is 8.31. The Kier molecular flexibility index (Phi) is 5.54. The van der Waals surface area contributed by atoms with E-state index in [0.717, 1.165) is 4.90 Å². The first-order valence-electron chi connectivity index (χ1n) is 9.76. The summed E-state index contributed by atoms with van der Waals surface area (Å²) in [6, 6.07) is 11.4. The normalized spacial score (nSPS) is 13.9. The molecule has 4 rings (SSSR count). The monoisotopic (exact) mass is 450 g/mol. The molecule has 0 spiro atoms. The number of hydrogen-bond acceptors (Lipinski definition) is 7. The highest BCUT2D eigenvalue weighted by molar-refractivity contribution is 7.14. The molecule has 0 saturated heterocycles. The van der Waals surface area contributed by atoms with E-state index in [4.69, 9.17) is 0 Å². The minimum Gasteiger partial charge on any atom is -0.300 e. The SMILES string of the molecule is CC(C)C(C(=O)Nc1nc(-c2ccc([N+](=O)[O-])cc2)cs1)N1C(=O)c2ccccc2C1=O. The fourth-order valence-electron chi connectivity index (χ4n) is 3.58. The van der Waals surface area contributed by atoms with Crippen molar-refractivity contribution < 1.29 is 19.3 Å². The Hall–Kier alpha value is -3.92. The number of carbonyl (C=O) groups excluding carboxylic acids is 3. The number of thiazole rings is 1. The molecule has 0 saturated carbocycles. The summed E-state index contributed by atoms with van der Waals surface area (Å²) in [7, 11) is 0. The highest BCUT2D eigenvalue weighted by Gasteiger charge is 2.44. The second-order valence-corrected chi connectivity index (χ2v) is 8.40. The number of carbonyl (C=O) groups is 3. The highest BCUT2D eigenvalue weighted by Crippen LogP contribution is 2.30. The average Bonchev–Trinajstić information content (AvgIpc) is 3.33.